The monoisotopic (exact) mass is 411 g/mol. The molecule has 0 saturated carbocycles. The van der Waals surface area contributed by atoms with Crippen molar-refractivity contribution in [3.05, 3.63) is 54.2 Å². The lowest BCUT2D eigenvalue weighted by Gasteiger charge is -2.20. The molecule has 2 atom stereocenters. The van der Waals surface area contributed by atoms with Crippen molar-refractivity contribution in [2.24, 2.45) is 11.8 Å². The summed E-state index contributed by atoms with van der Waals surface area (Å²) in [5.41, 5.74) is 1.12. The first-order chi connectivity index (χ1) is 13.7. The highest BCUT2D eigenvalue weighted by molar-refractivity contribution is 5.91. The quantitative estimate of drug-likeness (QED) is 0.835. The maximum absolute atomic E-state index is 12.3. The molecular formula is C19H20F3N3O4. The summed E-state index contributed by atoms with van der Waals surface area (Å²) >= 11 is 0. The second-order valence-corrected chi connectivity index (χ2v) is 7.03. The van der Waals surface area contributed by atoms with Gasteiger partial charge in [0.1, 0.15) is 0 Å². The van der Waals surface area contributed by atoms with Gasteiger partial charge in [-0.3, -0.25) is 14.7 Å². The van der Waals surface area contributed by atoms with Crippen LogP contribution >= 0.6 is 0 Å². The van der Waals surface area contributed by atoms with E-state index in [9.17, 15) is 18.0 Å². The molecule has 7 nitrogen and oxygen atoms in total. The summed E-state index contributed by atoms with van der Waals surface area (Å²) < 4.78 is 37.0. The maximum atomic E-state index is 12.3. The van der Waals surface area contributed by atoms with E-state index < -0.39 is 12.1 Å². The van der Waals surface area contributed by atoms with Gasteiger partial charge in [-0.1, -0.05) is 6.07 Å². The van der Waals surface area contributed by atoms with Gasteiger partial charge >= 0.3 is 12.1 Å². The van der Waals surface area contributed by atoms with Crippen molar-refractivity contribution in [2.45, 2.75) is 12.7 Å². The number of aliphatic carboxylic acids is 1. The minimum atomic E-state index is -5.08. The molecule has 1 amide bonds. The van der Waals surface area contributed by atoms with Crippen molar-refractivity contribution in [3.63, 3.8) is 0 Å². The van der Waals surface area contributed by atoms with E-state index in [1.807, 2.05) is 23.2 Å². The number of likely N-dealkylation sites (tertiary alicyclic amines) is 2. The third-order valence-electron chi connectivity index (χ3n) is 4.94. The zero-order chi connectivity index (χ0) is 21.0. The van der Waals surface area contributed by atoms with E-state index in [0.717, 1.165) is 38.4 Å². The summed E-state index contributed by atoms with van der Waals surface area (Å²) in [6, 6.07) is 9.55. The molecule has 2 saturated heterocycles. The van der Waals surface area contributed by atoms with Crippen molar-refractivity contribution in [1.29, 1.82) is 0 Å². The van der Waals surface area contributed by atoms with Crippen LogP contribution in [0.15, 0.2) is 47.2 Å². The van der Waals surface area contributed by atoms with E-state index >= 15 is 0 Å². The molecular weight excluding hydrogens is 391 g/mol. The number of carboxylic acid groups (broad SMARTS) is 1. The minimum absolute atomic E-state index is 0.0238. The first kappa shape index (κ1) is 20.8. The Balaban J connectivity index is 0.000000298. The Labute approximate surface area is 164 Å². The Bertz CT molecular complexity index is 813. The van der Waals surface area contributed by atoms with Crippen LogP contribution in [0, 0.1) is 11.8 Å². The molecule has 2 aliphatic rings. The van der Waals surface area contributed by atoms with E-state index in [4.69, 9.17) is 14.3 Å². The maximum Gasteiger partial charge on any atom is 0.490 e. The van der Waals surface area contributed by atoms with Crippen molar-refractivity contribution in [2.75, 3.05) is 26.2 Å². The third kappa shape index (κ3) is 5.35. The summed E-state index contributed by atoms with van der Waals surface area (Å²) in [4.78, 5) is 30.0. The number of pyridine rings is 1. The van der Waals surface area contributed by atoms with Gasteiger partial charge in [0.05, 0.1) is 12.0 Å². The number of fused-ring (bicyclic) bond motifs is 1. The first-order valence-electron chi connectivity index (χ1n) is 8.99. The molecule has 1 N–H and O–H groups in total. The number of carboxylic acids is 1. The molecule has 2 fully saturated rings. The van der Waals surface area contributed by atoms with E-state index in [1.54, 1.807) is 18.4 Å². The highest BCUT2D eigenvalue weighted by Gasteiger charge is 2.42. The van der Waals surface area contributed by atoms with Crippen LogP contribution in [0.25, 0.3) is 0 Å². The van der Waals surface area contributed by atoms with Crippen LogP contribution in [0.1, 0.15) is 16.2 Å². The summed E-state index contributed by atoms with van der Waals surface area (Å²) in [7, 11) is 0. The van der Waals surface area contributed by atoms with Crippen LogP contribution in [0.5, 0.6) is 0 Å². The summed E-state index contributed by atoms with van der Waals surface area (Å²) in [5, 5.41) is 7.12. The smallest absolute Gasteiger partial charge is 0.475 e. The van der Waals surface area contributed by atoms with Crippen molar-refractivity contribution < 1.29 is 32.3 Å². The topological polar surface area (TPSA) is 86.9 Å². The number of rotatable bonds is 3. The molecule has 0 aromatic carbocycles. The number of amides is 1. The number of hydrogen-bond donors (Lipinski definition) is 1. The molecule has 29 heavy (non-hydrogen) atoms. The van der Waals surface area contributed by atoms with Crippen LogP contribution in [-0.2, 0) is 11.3 Å². The van der Waals surface area contributed by atoms with E-state index in [2.05, 4.69) is 16.0 Å². The number of nitrogens with zero attached hydrogens (tertiary/aromatic N) is 3. The molecule has 4 rings (SSSR count). The number of aromatic nitrogens is 1. The van der Waals surface area contributed by atoms with Crippen LogP contribution in [0.3, 0.4) is 0 Å². The van der Waals surface area contributed by atoms with Gasteiger partial charge in [0.15, 0.2) is 5.76 Å². The van der Waals surface area contributed by atoms with Crippen molar-refractivity contribution >= 4 is 11.9 Å². The third-order valence-corrected chi connectivity index (χ3v) is 4.94. The fraction of sp³-hybridized carbons (Fsp3) is 0.421. The fourth-order valence-corrected chi connectivity index (χ4v) is 3.66. The number of hydrogen-bond acceptors (Lipinski definition) is 5. The average molecular weight is 411 g/mol. The molecule has 0 bridgehead atoms. The number of alkyl halides is 3. The van der Waals surface area contributed by atoms with Crippen molar-refractivity contribution in [1.82, 2.24) is 14.8 Å². The van der Waals surface area contributed by atoms with Gasteiger partial charge in [0.2, 0.25) is 0 Å². The number of carbonyl (C=O) groups is 2. The minimum Gasteiger partial charge on any atom is -0.475 e. The Morgan fingerprint density at radius 1 is 1.10 bits per heavy atom. The van der Waals surface area contributed by atoms with Gasteiger partial charge in [-0.25, -0.2) is 4.79 Å². The van der Waals surface area contributed by atoms with Gasteiger partial charge in [-0.15, -0.1) is 0 Å². The van der Waals surface area contributed by atoms with Crippen LogP contribution in [0.2, 0.25) is 0 Å². The Hall–Kier alpha value is -2.88. The fourth-order valence-electron chi connectivity index (χ4n) is 3.66. The molecule has 0 aliphatic carbocycles. The molecule has 0 radical (unpaired) electrons. The predicted octanol–water partition coefficient (Wildman–Crippen LogP) is 2.51. The Morgan fingerprint density at radius 2 is 1.76 bits per heavy atom. The number of halogens is 3. The van der Waals surface area contributed by atoms with E-state index in [1.165, 1.54) is 0 Å². The number of carbonyl (C=O) groups excluding carboxylic acids is 1. The van der Waals surface area contributed by atoms with Crippen molar-refractivity contribution in [3.8, 4) is 0 Å². The second-order valence-electron chi connectivity index (χ2n) is 7.03. The highest BCUT2D eigenvalue weighted by Crippen LogP contribution is 2.32. The summed E-state index contributed by atoms with van der Waals surface area (Å²) in [6.45, 7) is 4.66. The summed E-state index contributed by atoms with van der Waals surface area (Å²) in [6.07, 6.45) is -1.69. The van der Waals surface area contributed by atoms with Crippen LogP contribution in [0.4, 0.5) is 13.2 Å². The summed E-state index contributed by atoms with van der Waals surface area (Å²) in [5.74, 6) is -1.14. The van der Waals surface area contributed by atoms with Gasteiger partial charge in [0.25, 0.3) is 5.91 Å². The standard InChI is InChI=1S/C17H19N3O2.C2HF3O2/c21-17(16-5-3-7-22-16)20-10-13-8-19(9-14(13)11-20)12-15-4-1-2-6-18-15;3-2(4,5)1(6)7/h1-7,13-14H,8-12H2;(H,6,7)/t13-,14+;. The van der Waals surface area contributed by atoms with Gasteiger partial charge in [-0.05, 0) is 36.1 Å². The Morgan fingerprint density at radius 3 is 2.24 bits per heavy atom. The molecule has 2 aliphatic heterocycles. The zero-order valence-corrected chi connectivity index (χ0v) is 15.4. The number of furan rings is 1. The van der Waals surface area contributed by atoms with Gasteiger partial charge < -0.3 is 14.4 Å². The molecule has 2 aromatic heterocycles. The lowest BCUT2D eigenvalue weighted by Crippen LogP contribution is -2.33. The largest absolute Gasteiger partial charge is 0.490 e. The average Bonchev–Trinajstić information content (AvgIpc) is 3.38. The lowest BCUT2D eigenvalue weighted by molar-refractivity contribution is -0.192. The van der Waals surface area contributed by atoms with Crippen LogP contribution in [-0.4, -0.2) is 64.1 Å². The molecule has 156 valence electrons. The predicted molar refractivity (Wildman–Crippen MR) is 94.8 cm³/mol. The van der Waals surface area contributed by atoms with Crippen LogP contribution < -0.4 is 0 Å². The zero-order valence-electron chi connectivity index (χ0n) is 15.4. The van der Waals surface area contributed by atoms with Gasteiger partial charge in [0, 0.05) is 38.9 Å². The van der Waals surface area contributed by atoms with E-state index in [-0.39, 0.29) is 5.91 Å². The lowest BCUT2D eigenvalue weighted by atomic mass is 10.0. The second kappa shape index (κ2) is 8.64. The molecule has 10 heteroatoms. The molecule has 0 unspecified atom stereocenters. The van der Waals surface area contributed by atoms with E-state index in [0.29, 0.717) is 17.6 Å². The Kier molecular flexibility index (Phi) is 6.21. The molecule has 2 aromatic rings. The SMILES string of the molecule is O=C(O)C(F)(F)F.O=C(c1ccco1)N1C[C@H]2CN(Cc3ccccn3)C[C@H]2C1. The van der Waals surface area contributed by atoms with Gasteiger partial charge in [-0.2, -0.15) is 13.2 Å². The first-order valence-corrected chi connectivity index (χ1v) is 8.99. The molecule has 4 heterocycles. The molecule has 0 spiro atoms. The highest BCUT2D eigenvalue weighted by atomic mass is 19.4. The normalized spacial score (nSPS) is 21.4.